The SMILES string of the molecule is CCCCC(C)OS(=O)(=O)OI. The maximum atomic E-state index is 10.7. The third-order valence-electron chi connectivity index (χ3n) is 1.32. The molecule has 0 saturated heterocycles. The number of unbranched alkanes of at least 4 members (excludes halogenated alkanes) is 1. The molecule has 6 heteroatoms. The van der Waals surface area contributed by atoms with Gasteiger partial charge < -0.3 is 0 Å². The van der Waals surface area contributed by atoms with Crippen LogP contribution >= 0.6 is 23.0 Å². The van der Waals surface area contributed by atoms with E-state index in [9.17, 15) is 8.42 Å². The van der Waals surface area contributed by atoms with Gasteiger partial charge in [-0.05, 0) is 13.3 Å². The molecule has 0 aromatic carbocycles. The van der Waals surface area contributed by atoms with Crippen molar-refractivity contribution in [2.45, 2.75) is 39.2 Å². The molecule has 74 valence electrons. The van der Waals surface area contributed by atoms with Gasteiger partial charge in [0, 0.05) is 0 Å². The van der Waals surface area contributed by atoms with E-state index in [4.69, 9.17) is 0 Å². The van der Waals surface area contributed by atoms with Crippen LogP contribution in [0.5, 0.6) is 0 Å². The van der Waals surface area contributed by atoms with E-state index in [0.717, 1.165) is 19.3 Å². The Morgan fingerprint density at radius 1 is 1.50 bits per heavy atom. The van der Waals surface area contributed by atoms with Crippen LogP contribution in [0.3, 0.4) is 0 Å². The minimum Gasteiger partial charge on any atom is -0.245 e. The second kappa shape index (κ2) is 6.11. The van der Waals surface area contributed by atoms with Crippen molar-refractivity contribution in [1.29, 1.82) is 0 Å². The number of hydrogen-bond donors (Lipinski definition) is 0. The second-order valence-corrected chi connectivity index (χ2v) is 4.73. The van der Waals surface area contributed by atoms with Crippen molar-refractivity contribution < 1.29 is 15.1 Å². The van der Waals surface area contributed by atoms with Gasteiger partial charge in [0.05, 0.1) is 6.10 Å². The smallest absolute Gasteiger partial charge is 0.245 e. The van der Waals surface area contributed by atoms with Crippen LogP contribution in [0.1, 0.15) is 33.1 Å². The maximum Gasteiger partial charge on any atom is 0.409 e. The Hall–Kier alpha value is 0.600. The van der Waals surface area contributed by atoms with Gasteiger partial charge in [-0.1, -0.05) is 19.8 Å². The molecule has 0 bridgehead atoms. The zero-order valence-electron chi connectivity index (χ0n) is 7.12. The largest absolute Gasteiger partial charge is 0.409 e. The fraction of sp³-hybridized carbons (Fsp3) is 1.00. The average Bonchev–Trinajstić information content (AvgIpc) is 2.00. The zero-order chi connectivity index (χ0) is 9.61. The van der Waals surface area contributed by atoms with Gasteiger partial charge in [0.25, 0.3) is 0 Å². The highest BCUT2D eigenvalue weighted by molar-refractivity contribution is 14.1. The van der Waals surface area contributed by atoms with Gasteiger partial charge in [0.2, 0.25) is 0 Å². The first-order valence-electron chi connectivity index (χ1n) is 3.75. The summed E-state index contributed by atoms with van der Waals surface area (Å²) in [6.45, 7) is 3.75. The highest BCUT2D eigenvalue weighted by Gasteiger charge is 2.15. The first-order valence-corrected chi connectivity index (χ1v) is 5.96. The molecule has 0 aliphatic carbocycles. The fourth-order valence-corrected chi connectivity index (χ4v) is 1.54. The molecule has 0 aliphatic heterocycles. The molecule has 1 unspecified atom stereocenters. The lowest BCUT2D eigenvalue weighted by Gasteiger charge is -2.09. The Balaban J connectivity index is 3.76. The summed E-state index contributed by atoms with van der Waals surface area (Å²) in [5.41, 5.74) is 0. The summed E-state index contributed by atoms with van der Waals surface area (Å²) in [5, 5.41) is 0. The molecule has 0 heterocycles. The third-order valence-corrected chi connectivity index (χ3v) is 3.36. The molecule has 0 N–H and O–H groups in total. The number of rotatable bonds is 6. The van der Waals surface area contributed by atoms with E-state index in [1.54, 1.807) is 6.92 Å². The summed E-state index contributed by atoms with van der Waals surface area (Å²) in [4.78, 5) is 0. The first-order chi connectivity index (χ1) is 5.52. The van der Waals surface area contributed by atoms with E-state index >= 15 is 0 Å². The van der Waals surface area contributed by atoms with Gasteiger partial charge in [-0.2, -0.15) is 10.9 Å². The quantitative estimate of drug-likeness (QED) is 0.706. The molecule has 0 saturated carbocycles. The van der Waals surface area contributed by atoms with E-state index in [1.165, 1.54) is 23.0 Å². The van der Waals surface area contributed by atoms with Crippen LogP contribution in [0.25, 0.3) is 0 Å². The van der Waals surface area contributed by atoms with E-state index in [0.29, 0.717) is 0 Å². The minimum atomic E-state index is -3.76. The Bertz CT molecular complexity index is 202. The lowest BCUT2D eigenvalue weighted by Crippen LogP contribution is -2.14. The van der Waals surface area contributed by atoms with Crippen molar-refractivity contribution in [3.8, 4) is 0 Å². The molecular formula is C6H13IO4S. The van der Waals surface area contributed by atoms with E-state index in [1.807, 2.05) is 6.92 Å². The summed E-state index contributed by atoms with van der Waals surface area (Å²) < 4.78 is 30.2. The van der Waals surface area contributed by atoms with Crippen LogP contribution in [-0.2, 0) is 17.1 Å². The Morgan fingerprint density at radius 3 is 2.50 bits per heavy atom. The number of halogens is 1. The predicted octanol–water partition coefficient (Wildman–Crippen LogP) is 2.19. The van der Waals surface area contributed by atoms with Gasteiger partial charge in [-0.25, -0.2) is 4.18 Å². The molecule has 0 fully saturated rings. The van der Waals surface area contributed by atoms with Crippen LogP contribution in [0.4, 0.5) is 0 Å². The molecule has 0 aromatic heterocycles. The molecule has 4 nitrogen and oxygen atoms in total. The van der Waals surface area contributed by atoms with E-state index in [2.05, 4.69) is 6.70 Å². The molecule has 0 radical (unpaired) electrons. The highest BCUT2D eigenvalue weighted by atomic mass is 127. The molecular weight excluding hydrogens is 295 g/mol. The van der Waals surface area contributed by atoms with E-state index in [-0.39, 0.29) is 6.10 Å². The Morgan fingerprint density at radius 2 is 2.08 bits per heavy atom. The monoisotopic (exact) mass is 308 g/mol. The van der Waals surface area contributed by atoms with Crippen molar-refractivity contribution in [2.24, 2.45) is 0 Å². The van der Waals surface area contributed by atoms with Crippen LogP contribution < -0.4 is 0 Å². The maximum absolute atomic E-state index is 10.7. The molecule has 1 atom stereocenters. The van der Waals surface area contributed by atoms with Gasteiger partial charge in [-0.15, -0.1) is 0 Å². The lowest BCUT2D eigenvalue weighted by molar-refractivity contribution is 0.197. The van der Waals surface area contributed by atoms with Crippen molar-refractivity contribution in [3.05, 3.63) is 0 Å². The summed E-state index contributed by atoms with van der Waals surface area (Å²) in [6.07, 6.45) is 2.41. The Labute approximate surface area is 87.6 Å². The van der Waals surface area contributed by atoms with Crippen LogP contribution in [0.15, 0.2) is 0 Å². The fourth-order valence-electron chi connectivity index (χ4n) is 0.756. The van der Waals surface area contributed by atoms with Crippen LogP contribution in [-0.4, -0.2) is 14.5 Å². The van der Waals surface area contributed by atoms with Crippen LogP contribution in [0.2, 0.25) is 0 Å². The standard InChI is InChI=1S/C6H13IO4S/c1-3-4-5-6(2)10-12(8,9)11-7/h6H,3-5H2,1-2H3. The van der Waals surface area contributed by atoms with Gasteiger partial charge in [-0.3, -0.25) is 0 Å². The minimum absolute atomic E-state index is 0.301. The predicted molar refractivity (Wildman–Crippen MR) is 54.1 cm³/mol. The van der Waals surface area contributed by atoms with Crippen molar-refractivity contribution in [1.82, 2.24) is 0 Å². The molecule has 0 aliphatic rings. The topological polar surface area (TPSA) is 52.6 Å². The summed E-state index contributed by atoms with van der Waals surface area (Å²) >= 11 is 1.29. The highest BCUT2D eigenvalue weighted by Crippen LogP contribution is 2.10. The summed E-state index contributed by atoms with van der Waals surface area (Å²) in [6, 6.07) is 0. The van der Waals surface area contributed by atoms with Crippen LogP contribution in [0, 0.1) is 0 Å². The molecule has 0 rings (SSSR count). The van der Waals surface area contributed by atoms with Crippen molar-refractivity contribution >= 4 is 33.4 Å². The molecule has 12 heavy (non-hydrogen) atoms. The number of hydrogen-bond acceptors (Lipinski definition) is 4. The lowest BCUT2D eigenvalue weighted by atomic mass is 10.2. The van der Waals surface area contributed by atoms with E-state index < -0.39 is 10.4 Å². The van der Waals surface area contributed by atoms with Gasteiger partial charge in [0.1, 0.15) is 23.0 Å². The van der Waals surface area contributed by atoms with Crippen molar-refractivity contribution in [2.75, 3.05) is 0 Å². The second-order valence-electron chi connectivity index (χ2n) is 2.52. The van der Waals surface area contributed by atoms with Gasteiger partial charge in [0.15, 0.2) is 0 Å². The normalized spacial score (nSPS) is 14.6. The molecule has 0 aromatic rings. The summed E-state index contributed by atoms with van der Waals surface area (Å²) in [7, 11) is -3.76. The Kier molecular flexibility index (Phi) is 6.42. The first kappa shape index (κ1) is 12.6. The van der Waals surface area contributed by atoms with Gasteiger partial charge >= 0.3 is 10.4 Å². The van der Waals surface area contributed by atoms with Crippen molar-refractivity contribution in [3.63, 3.8) is 0 Å². The summed E-state index contributed by atoms with van der Waals surface area (Å²) in [5.74, 6) is 0. The third kappa shape index (κ3) is 6.15. The molecule has 0 spiro atoms. The molecule has 0 amide bonds. The zero-order valence-corrected chi connectivity index (χ0v) is 10.1. The average molecular weight is 308 g/mol.